The molecule has 106 valence electrons. The number of nitrogens with one attached hydrogen (secondary N) is 1. The van der Waals surface area contributed by atoms with Crippen LogP contribution in [-0.2, 0) is 11.2 Å². The molecule has 1 aromatic carbocycles. The third kappa shape index (κ3) is 2.19. The van der Waals surface area contributed by atoms with Gasteiger partial charge in [-0.2, -0.15) is 0 Å². The summed E-state index contributed by atoms with van der Waals surface area (Å²) in [6.07, 6.45) is 3.71. The van der Waals surface area contributed by atoms with Gasteiger partial charge in [-0.15, -0.1) is 0 Å². The summed E-state index contributed by atoms with van der Waals surface area (Å²) in [6, 6.07) is 6.11. The predicted octanol–water partition coefficient (Wildman–Crippen LogP) is 2.58. The van der Waals surface area contributed by atoms with Gasteiger partial charge in [0.05, 0.1) is 6.42 Å². The van der Waals surface area contributed by atoms with Crippen molar-refractivity contribution in [1.29, 1.82) is 0 Å². The average molecular weight is 272 g/mol. The van der Waals surface area contributed by atoms with Crippen molar-refractivity contribution >= 4 is 17.5 Å². The first-order valence-corrected chi connectivity index (χ1v) is 7.31. The Balaban J connectivity index is 1.87. The smallest absolute Gasteiger partial charge is 0.254 e. The highest BCUT2D eigenvalue weighted by atomic mass is 16.2. The molecular formula is C16H20N2O2. The van der Waals surface area contributed by atoms with Crippen LogP contribution in [0.15, 0.2) is 18.2 Å². The molecule has 0 aromatic heterocycles. The van der Waals surface area contributed by atoms with Gasteiger partial charge in [0.2, 0.25) is 5.91 Å². The average Bonchev–Trinajstić information content (AvgIpc) is 2.77. The second kappa shape index (κ2) is 4.93. The first kappa shape index (κ1) is 13.2. The van der Waals surface area contributed by atoms with E-state index in [4.69, 9.17) is 0 Å². The first-order valence-electron chi connectivity index (χ1n) is 7.31. The normalized spacial score (nSPS) is 25.3. The van der Waals surface area contributed by atoms with E-state index in [0.717, 1.165) is 24.1 Å². The van der Waals surface area contributed by atoms with Gasteiger partial charge in [-0.25, -0.2) is 0 Å². The minimum absolute atomic E-state index is 0.00399. The van der Waals surface area contributed by atoms with Crippen LogP contribution in [0.25, 0.3) is 0 Å². The van der Waals surface area contributed by atoms with Gasteiger partial charge in [0, 0.05) is 23.3 Å². The highest BCUT2D eigenvalue weighted by Gasteiger charge is 2.30. The van der Waals surface area contributed by atoms with E-state index in [0.29, 0.717) is 24.1 Å². The Labute approximate surface area is 119 Å². The van der Waals surface area contributed by atoms with E-state index >= 15 is 0 Å². The number of fused-ring (bicyclic) bond motifs is 1. The zero-order valence-corrected chi connectivity index (χ0v) is 12.0. The zero-order chi connectivity index (χ0) is 14.3. The van der Waals surface area contributed by atoms with Crippen LogP contribution in [0.4, 0.5) is 5.69 Å². The molecule has 0 bridgehead atoms. The number of amides is 2. The Morgan fingerprint density at radius 2 is 1.95 bits per heavy atom. The van der Waals surface area contributed by atoms with E-state index in [1.165, 1.54) is 6.42 Å². The summed E-state index contributed by atoms with van der Waals surface area (Å²) in [6.45, 7) is 4.23. The van der Waals surface area contributed by atoms with E-state index in [1.54, 1.807) is 0 Å². The van der Waals surface area contributed by atoms with Crippen molar-refractivity contribution in [3.8, 4) is 0 Å². The summed E-state index contributed by atoms with van der Waals surface area (Å²) >= 11 is 0. The van der Waals surface area contributed by atoms with E-state index in [1.807, 2.05) is 23.1 Å². The molecule has 0 unspecified atom stereocenters. The minimum Gasteiger partial charge on any atom is -0.333 e. The van der Waals surface area contributed by atoms with Gasteiger partial charge in [0.25, 0.3) is 5.91 Å². The Morgan fingerprint density at radius 1 is 1.25 bits per heavy atom. The number of rotatable bonds is 1. The van der Waals surface area contributed by atoms with E-state index in [2.05, 4.69) is 19.2 Å². The van der Waals surface area contributed by atoms with E-state index in [9.17, 15) is 9.59 Å². The van der Waals surface area contributed by atoms with Crippen molar-refractivity contribution in [1.82, 2.24) is 4.90 Å². The second-order valence-corrected chi connectivity index (χ2v) is 5.94. The predicted molar refractivity (Wildman–Crippen MR) is 77.7 cm³/mol. The van der Waals surface area contributed by atoms with Gasteiger partial charge >= 0.3 is 0 Å². The molecule has 0 spiro atoms. The van der Waals surface area contributed by atoms with Crippen LogP contribution in [0, 0.1) is 0 Å². The number of piperidine rings is 1. The van der Waals surface area contributed by atoms with Crippen molar-refractivity contribution in [2.24, 2.45) is 0 Å². The SMILES string of the molecule is C[C@@H]1CCC[C@H](C)N1C(=O)c1ccc2c(c1)CC(=O)N2. The zero-order valence-electron chi connectivity index (χ0n) is 12.0. The van der Waals surface area contributed by atoms with Crippen LogP contribution < -0.4 is 5.32 Å². The Bertz CT molecular complexity index is 558. The van der Waals surface area contributed by atoms with Crippen LogP contribution in [-0.4, -0.2) is 28.8 Å². The molecule has 20 heavy (non-hydrogen) atoms. The maximum Gasteiger partial charge on any atom is 0.254 e. The molecule has 0 radical (unpaired) electrons. The third-order valence-corrected chi connectivity index (χ3v) is 4.41. The molecule has 1 saturated heterocycles. The van der Waals surface area contributed by atoms with Crippen molar-refractivity contribution in [2.75, 3.05) is 5.32 Å². The van der Waals surface area contributed by atoms with E-state index < -0.39 is 0 Å². The van der Waals surface area contributed by atoms with Crippen molar-refractivity contribution < 1.29 is 9.59 Å². The molecule has 2 atom stereocenters. The molecule has 1 N–H and O–H groups in total. The summed E-state index contributed by atoms with van der Waals surface area (Å²) in [4.78, 5) is 26.1. The molecule has 1 fully saturated rings. The Hall–Kier alpha value is -1.84. The van der Waals surface area contributed by atoms with Crippen molar-refractivity contribution in [3.63, 3.8) is 0 Å². The second-order valence-electron chi connectivity index (χ2n) is 5.94. The van der Waals surface area contributed by atoms with Crippen LogP contribution in [0.2, 0.25) is 0 Å². The highest BCUT2D eigenvalue weighted by molar-refractivity contribution is 6.01. The lowest BCUT2D eigenvalue weighted by Crippen LogP contribution is -2.47. The lowest BCUT2D eigenvalue weighted by atomic mass is 9.96. The summed E-state index contributed by atoms with van der Waals surface area (Å²) in [5.74, 6) is 0.0937. The number of hydrogen-bond donors (Lipinski definition) is 1. The largest absolute Gasteiger partial charge is 0.333 e. The monoisotopic (exact) mass is 272 g/mol. The van der Waals surface area contributed by atoms with Gasteiger partial charge in [-0.05, 0) is 56.9 Å². The lowest BCUT2D eigenvalue weighted by molar-refractivity contribution is -0.115. The number of hydrogen-bond acceptors (Lipinski definition) is 2. The molecule has 1 aromatic rings. The third-order valence-electron chi connectivity index (χ3n) is 4.41. The lowest BCUT2D eigenvalue weighted by Gasteiger charge is -2.39. The molecule has 2 amide bonds. The molecule has 0 saturated carbocycles. The van der Waals surface area contributed by atoms with Crippen LogP contribution in [0.5, 0.6) is 0 Å². The molecule has 3 rings (SSSR count). The Kier molecular flexibility index (Phi) is 3.24. The topological polar surface area (TPSA) is 49.4 Å². The fourth-order valence-corrected chi connectivity index (χ4v) is 3.33. The van der Waals surface area contributed by atoms with E-state index in [-0.39, 0.29) is 11.8 Å². The first-order chi connectivity index (χ1) is 9.56. The number of carbonyl (C=O) groups is 2. The molecule has 2 heterocycles. The summed E-state index contributed by atoms with van der Waals surface area (Å²) in [5, 5.41) is 2.80. The fourth-order valence-electron chi connectivity index (χ4n) is 3.33. The molecule has 2 aliphatic rings. The fraction of sp³-hybridized carbons (Fsp3) is 0.500. The molecule has 4 nitrogen and oxygen atoms in total. The highest BCUT2D eigenvalue weighted by Crippen LogP contribution is 2.28. The summed E-state index contributed by atoms with van der Waals surface area (Å²) < 4.78 is 0. The van der Waals surface area contributed by atoms with Gasteiger partial charge in [0.1, 0.15) is 0 Å². The molecule has 2 aliphatic heterocycles. The maximum absolute atomic E-state index is 12.7. The van der Waals surface area contributed by atoms with Gasteiger partial charge < -0.3 is 10.2 Å². The summed E-state index contributed by atoms with van der Waals surface area (Å²) in [5.41, 5.74) is 2.46. The summed E-state index contributed by atoms with van der Waals surface area (Å²) in [7, 11) is 0. The number of carbonyl (C=O) groups excluding carboxylic acids is 2. The number of likely N-dealkylation sites (tertiary alicyclic amines) is 1. The number of anilines is 1. The van der Waals surface area contributed by atoms with Crippen LogP contribution in [0.3, 0.4) is 0 Å². The van der Waals surface area contributed by atoms with Gasteiger partial charge in [-0.3, -0.25) is 9.59 Å². The molecule has 4 heteroatoms. The van der Waals surface area contributed by atoms with Crippen LogP contribution >= 0.6 is 0 Å². The van der Waals surface area contributed by atoms with Crippen LogP contribution in [0.1, 0.15) is 49.0 Å². The number of nitrogens with zero attached hydrogens (tertiary/aromatic N) is 1. The minimum atomic E-state index is 0.00399. The quantitative estimate of drug-likeness (QED) is 0.854. The van der Waals surface area contributed by atoms with Gasteiger partial charge in [-0.1, -0.05) is 0 Å². The van der Waals surface area contributed by atoms with Crippen molar-refractivity contribution in [3.05, 3.63) is 29.3 Å². The van der Waals surface area contributed by atoms with Crippen molar-refractivity contribution in [2.45, 2.75) is 51.6 Å². The number of benzene rings is 1. The maximum atomic E-state index is 12.7. The molecule has 0 aliphatic carbocycles. The standard InChI is InChI=1S/C16H20N2O2/c1-10-4-3-5-11(2)18(10)16(20)12-6-7-14-13(8-12)9-15(19)17-14/h6-8,10-11H,3-5,9H2,1-2H3,(H,17,19)/t10-,11+. The Morgan fingerprint density at radius 3 is 2.65 bits per heavy atom. The van der Waals surface area contributed by atoms with Gasteiger partial charge in [0.15, 0.2) is 0 Å². The molecular weight excluding hydrogens is 252 g/mol.